The summed E-state index contributed by atoms with van der Waals surface area (Å²) < 4.78 is 1.34. The van der Waals surface area contributed by atoms with Crippen LogP contribution in [0.3, 0.4) is 0 Å². The minimum atomic E-state index is 0. The summed E-state index contributed by atoms with van der Waals surface area (Å²) in [4.78, 5) is 0. The molecule has 0 N–H and O–H groups in total. The molecule has 0 atom stereocenters. The molecule has 0 spiro atoms. The van der Waals surface area contributed by atoms with E-state index in [9.17, 15) is 0 Å². The molecule has 0 amide bonds. The van der Waals surface area contributed by atoms with Gasteiger partial charge in [0.25, 0.3) is 0 Å². The summed E-state index contributed by atoms with van der Waals surface area (Å²) in [5.74, 6) is 0. The Bertz CT molecular complexity index is 76.4. The maximum absolute atomic E-state index is 2.47. The maximum Gasteiger partial charge on any atom is -0.000473 e. The second-order valence-electron chi connectivity index (χ2n) is 3.87. The standard InChI is InChI=1S/C12H25I.FH/c1-2-3-4-5-6-7-8-9-10-11-12-13;/h2-12H2,1H3;1H. The van der Waals surface area contributed by atoms with Crippen LogP contribution in [-0.4, -0.2) is 4.43 Å². The lowest BCUT2D eigenvalue weighted by molar-refractivity contribution is 0.563. The van der Waals surface area contributed by atoms with E-state index < -0.39 is 0 Å². The average Bonchev–Trinajstić information content (AvgIpc) is 2.16. The molecule has 0 aliphatic carbocycles. The molecule has 0 radical (unpaired) electrons. The van der Waals surface area contributed by atoms with E-state index in [0.29, 0.717) is 0 Å². The van der Waals surface area contributed by atoms with Crippen molar-refractivity contribution in [2.45, 2.75) is 71.1 Å². The Kier molecular flexibility index (Phi) is 19.6. The topological polar surface area (TPSA) is 0 Å². The summed E-state index contributed by atoms with van der Waals surface area (Å²) >= 11 is 2.47. The van der Waals surface area contributed by atoms with Gasteiger partial charge in [-0.15, -0.1) is 0 Å². The van der Waals surface area contributed by atoms with Crippen LogP contribution in [0.5, 0.6) is 0 Å². The number of halogens is 2. The molecule has 0 unspecified atom stereocenters. The minimum Gasteiger partial charge on any atom is -0.269 e. The molecule has 0 nitrogen and oxygen atoms in total. The van der Waals surface area contributed by atoms with Gasteiger partial charge in [-0.3, -0.25) is 4.70 Å². The fourth-order valence-electron chi connectivity index (χ4n) is 1.58. The van der Waals surface area contributed by atoms with Gasteiger partial charge < -0.3 is 0 Å². The third kappa shape index (κ3) is 15.1. The summed E-state index contributed by atoms with van der Waals surface area (Å²) in [7, 11) is 0. The molecule has 14 heavy (non-hydrogen) atoms. The number of hydrogen-bond acceptors (Lipinski definition) is 0. The van der Waals surface area contributed by atoms with Crippen molar-refractivity contribution in [1.82, 2.24) is 0 Å². The highest BCUT2D eigenvalue weighted by molar-refractivity contribution is 14.1. The normalized spacial score (nSPS) is 9.86. The van der Waals surface area contributed by atoms with Gasteiger partial charge >= 0.3 is 0 Å². The number of rotatable bonds is 10. The molecular weight excluding hydrogens is 290 g/mol. The van der Waals surface area contributed by atoms with Crippen molar-refractivity contribution in [3.8, 4) is 0 Å². The zero-order chi connectivity index (χ0) is 9.78. The second-order valence-corrected chi connectivity index (χ2v) is 4.95. The Hall–Kier alpha value is 0.660. The summed E-state index contributed by atoms with van der Waals surface area (Å²) in [6, 6.07) is 0. The monoisotopic (exact) mass is 316 g/mol. The van der Waals surface area contributed by atoms with Gasteiger partial charge in [-0.2, -0.15) is 0 Å². The van der Waals surface area contributed by atoms with Gasteiger partial charge in [0.1, 0.15) is 0 Å². The summed E-state index contributed by atoms with van der Waals surface area (Å²) in [5, 5.41) is 0. The van der Waals surface area contributed by atoms with Crippen LogP contribution in [0.15, 0.2) is 0 Å². The van der Waals surface area contributed by atoms with Crippen molar-refractivity contribution in [2.75, 3.05) is 4.43 Å². The number of alkyl halides is 1. The van der Waals surface area contributed by atoms with E-state index in [2.05, 4.69) is 29.5 Å². The molecule has 0 fully saturated rings. The molecule has 0 rings (SSSR count). The van der Waals surface area contributed by atoms with E-state index in [1.54, 1.807) is 0 Å². The fraction of sp³-hybridized carbons (Fsp3) is 1.00. The largest absolute Gasteiger partial charge is 0.269 e. The molecule has 0 saturated carbocycles. The lowest BCUT2D eigenvalue weighted by Crippen LogP contribution is -1.81. The van der Waals surface area contributed by atoms with Crippen LogP contribution in [-0.2, 0) is 0 Å². The van der Waals surface area contributed by atoms with Gasteiger partial charge in [0.15, 0.2) is 0 Å². The van der Waals surface area contributed by atoms with Gasteiger partial charge in [-0.05, 0) is 10.8 Å². The molecular formula is C12H26FI. The highest BCUT2D eigenvalue weighted by Crippen LogP contribution is 2.10. The second kappa shape index (κ2) is 16.1. The molecule has 2 heteroatoms. The smallest absolute Gasteiger partial charge is 0.000473 e. The van der Waals surface area contributed by atoms with Gasteiger partial charge in [0, 0.05) is 0 Å². The first kappa shape index (κ1) is 17.1. The first-order chi connectivity index (χ1) is 6.41. The SMILES string of the molecule is CCCCCCCCCCCCI.F. The molecule has 88 valence electrons. The third-order valence-corrected chi connectivity index (χ3v) is 3.25. The van der Waals surface area contributed by atoms with Crippen molar-refractivity contribution >= 4 is 22.6 Å². The van der Waals surface area contributed by atoms with E-state index in [-0.39, 0.29) is 4.70 Å². The van der Waals surface area contributed by atoms with E-state index in [1.165, 1.54) is 68.6 Å². The van der Waals surface area contributed by atoms with Crippen LogP contribution in [0, 0.1) is 0 Å². The Morgan fingerprint density at radius 2 is 1.00 bits per heavy atom. The number of hydrogen-bond donors (Lipinski definition) is 0. The molecule has 0 aromatic rings. The zero-order valence-electron chi connectivity index (χ0n) is 9.56. The summed E-state index contributed by atoms with van der Waals surface area (Å²) in [6.07, 6.45) is 14.5. The lowest BCUT2D eigenvalue weighted by atomic mass is 10.1. The molecule has 0 bridgehead atoms. The highest BCUT2D eigenvalue weighted by atomic mass is 127. The van der Waals surface area contributed by atoms with E-state index in [1.807, 2.05) is 0 Å². The van der Waals surface area contributed by atoms with E-state index in [4.69, 9.17) is 0 Å². The molecule has 0 aromatic carbocycles. The maximum atomic E-state index is 2.47. The van der Waals surface area contributed by atoms with Crippen molar-refractivity contribution in [2.24, 2.45) is 0 Å². The molecule has 0 aliphatic heterocycles. The fourth-order valence-corrected chi connectivity index (χ4v) is 2.12. The van der Waals surface area contributed by atoms with Gasteiger partial charge in [-0.25, -0.2) is 0 Å². The third-order valence-electron chi connectivity index (χ3n) is 2.49. The zero-order valence-corrected chi connectivity index (χ0v) is 11.7. The minimum absolute atomic E-state index is 0. The van der Waals surface area contributed by atoms with Crippen LogP contribution in [0.2, 0.25) is 0 Å². The predicted molar refractivity (Wildman–Crippen MR) is 73.2 cm³/mol. The van der Waals surface area contributed by atoms with Gasteiger partial charge in [0.05, 0.1) is 0 Å². The average molecular weight is 316 g/mol. The predicted octanol–water partition coefficient (Wildman–Crippen LogP) is 5.49. The summed E-state index contributed by atoms with van der Waals surface area (Å²) in [5.41, 5.74) is 0. The van der Waals surface area contributed by atoms with Crippen molar-refractivity contribution in [3.05, 3.63) is 0 Å². The van der Waals surface area contributed by atoms with Crippen LogP contribution < -0.4 is 0 Å². The molecule has 0 aliphatic rings. The van der Waals surface area contributed by atoms with Gasteiger partial charge in [-0.1, -0.05) is 87.3 Å². The molecule has 0 aromatic heterocycles. The van der Waals surface area contributed by atoms with E-state index in [0.717, 1.165) is 0 Å². The Morgan fingerprint density at radius 3 is 1.36 bits per heavy atom. The Balaban J connectivity index is 0. The van der Waals surface area contributed by atoms with Gasteiger partial charge in [0.2, 0.25) is 0 Å². The summed E-state index contributed by atoms with van der Waals surface area (Å²) in [6.45, 7) is 2.28. The molecule has 0 heterocycles. The molecule has 0 saturated heterocycles. The Morgan fingerprint density at radius 1 is 0.643 bits per heavy atom. The Labute approximate surface area is 103 Å². The quantitative estimate of drug-likeness (QED) is 0.284. The first-order valence-electron chi connectivity index (χ1n) is 5.97. The van der Waals surface area contributed by atoms with E-state index >= 15 is 0 Å². The first-order valence-corrected chi connectivity index (χ1v) is 7.50. The van der Waals surface area contributed by atoms with Crippen LogP contribution in [0.4, 0.5) is 4.70 Å². The van der Waals surface area contributed by atoms with Crippen molar-refractivity contribution in [3.63, 3.8) is 0 Å². The van der Waals surface area contributed by atoms with Crippen LogP contribution in [0.25, 0.3) is 0 Å². The lowest BCUT2D eigenvalue weighted by Gasteiger charge is -2.00. The van der Waals surface area contributed by atoms with Crippen LogP contribution in [0.1, 0.15) is 71.1 Å². The van der Waals surface area contributed by atoms with Crippen molar-refractivity contribution in [1.29, 1.82) is 0 Å². The number of unbranched alkanes of at least 4 members (excludes halogenated alkanes) is 9. The highest BCUT2D eigenvalue weighted by Gasteiger charge is 1.91. The van der Waals surface area contributed by atoms with Crippen LogP contribution >= 0.6 is 22.6 Å². The van der Waals surface area contributed by atoms with Crippen molar-refractivity contribution < 1.29 is 4.70 Å².